The molecular weight excluding hydrogens is 383 g/mol. The number of hydrogen-bond donors (Lipinski definition) is 0. The highest BCUT2D eigenvalue weighted by Crippen LogP contribution is 2.27. The van der Waals surface area contributed by atoms with Crippen molar-refractivity contribution in [2.24, 2.45) is 0 Å². The van der Waals surface area contributed by atoms with Crippen molar-refractivity contribution in [3.05, 3.63) is 29.0 Å². The van der Waals surface area contributed by atoms with E-state index in [1.165, 1.54) is 31.4 Å². The van der Waals surface area contributed by atoms with Gasteiger partial charge in [0.25, 0.3) is 0 Å². The summed E-state index contributed by atoms with van der Waals surface area (Å²) in [4.78, 5) is 2.45. The van der Waals surface area contributed by atoms with Crippen LogP contribution in [0.4, 0.5) is 4.39 Å². The molecule has 2 heterocycles. The molecule has 1 aromatic carbocycles. The van der Waals surface area contributed by atoms with Gasteiger partial charge in [0.05, 0.1) is 9.92 Å². The van der Waals surface area contributed by atoms with Gasteiger partial charge in [-0.1, -0.05) is 18.0 Å². The van der Waals surface area contributed by atoms with Crippen molar-refractivity contribution in [2.45, 2.75) is 36.6 Å². The maximum atomic E-state index is 13.4. The number of sulfonamides is 1. The minimum Gasteiger partial charge on any atom is -0.302 e. The van der Waals surface area contributed by atoms with Crippen LogP contribution in [0.5, 0.6) is 0 Å². The molecule has 3 rings (SSSR count). The Morgan fingerprint density at radius 3 is 2.64 bits per heavy atom. The fraction of sp³-hybridized carbons (Fsp3) is 0.647. The van der Waals surface area contributed by atoms with E-state index in [-0.39, 0.29) is 16.0 Å². The fourth-order valence-electron chi connectivity index (χ4n) is 3.48. The van der Waals surface area contributed by atoms with E-state index in [9.17, 15) is 12.8 Å². The van der Waals surface area contributed by atoms with Crippen molar-refractivity contribution in [3.8, 4) is 0 Å². The van der Waals surface area contributed by atoms with Crippen molar-refractivity contribution in [1.82, 2.24) is 9.21 Å². The number of piperidine rings is 1. The topological polar surface area (TPSA) is 40.6 Å². The molecule has 25 heavy (non-hydrogen) atoms. The van der Waals surface area contributed by atoms with Gasteiger partial charge in [0.2, 0.25) is 10.0 Å². The number of thioether (sulfide) groups is 1. The molecule has 0 bridgehead atoms. The largest absolute Gasteiger partial charge is 0.302 e. The Bertz CT molecular complexity index is 696. The standard InChI is InChI=1S/C17H24ClFN2O2S2/c18-16-11-15(5-6-17(16)19)25(22,23)21-9-4-10-24-13-14(21)12-20-7-2-1-3-8-20/h5-6,11,14H,1-4,7-10,12-13H2. The van der Waals surface area contributed by atoms with Crippen molar-refractivity contribution < 1.29 is 12.8 Å². The summed E-state index contributed by atoms with van der Waals surface area (Å²) < 4.78 is 41.4. The molecule has 8 heteroatoms. The summed E-state index contributed by atoms with van der Waals surface area (Å²) in [5, 5.41) is -0.155. The van der Waals surface area contributed by atoms with Crippen LogP contribution < -0.4 is 0 Å². The lowest BCUT2D eigenvalue weighted by Crippen LogP contribution is -2.49. The number of likely N-dealkylation sites (tertiary alicyclic amines) is 1. The molecule has 2 saturated heterocycles. The molecule has 2 fully saturated rings. The SMILES string of the molecule is O=S(=O)(c1ccc(F)c(Cl)c1)N1CCCSCC1CN1CCCCC1. The number of nitrogens with zero attached hydrogens (tertiary/aromatic N) is 2. The molecule has 0 radical (unpaired) electrons. The van der Waals surface area contributed by atoms with E-state index >= 15 is 0 Å². The van der Waals surface area contributed by atoms with Gasteiger partial charge < -0.3 is 4.90 Å². The molecule has 0 aliphatic carbocycles. The Hall–Kier alpha value is -0.340. The molecule has 1 aromatic rings. The quantitative estimate of drug-likeness (QED) is 0.767. The Labute approximate surface area is 158 Å². The highest BCUT2D eigenvalue weighted by Gasteiger charge is 2.34. The average Bonchev–Trinajstić information content (AvgIpc) is 2.84. The summed E-state index contributed by atoms with van der Waals surface area (Å²) in [6.45, 7) is 3.35. The normalized spacial score (nSPS) is 24.2. The summed E-state index contributed by atoms with van der Waals surface area (Å²) in [5.74, 6) is 1.16. The monoisotopic (exact) mass is 406 g/mol. The zero-order valence-electron chi connectivity index (χ0n) is 14.2. The molecule has 2 aliphatic rings. The first-order valence-corrected chi connectivity index (χ1v) is 11.7. The molecular formula is C17H24ClFN2O2S2. The number of rotatable bonds is 4. The van der Waals surface area contributed by atoms with Crippen LogP contribution in [0.2, 0.25) is 5.02 Å². The third kappa shape index (κ3) is 4.69. The predicted molar refractivity (Wildman–Crippen MR) is 101 cm³/mol. The Balaban J connectivity index is 1.84. The Morgan fingerprint density at radius 2 is 1.92 bits per heavy atom. The molecule has 2 aliphatic heterocycles. The molecule has 1 unspecified atom stereocenters. The van der Waals surface area contributed by atoms with E-state index in [4.69, 9.17) is 11.6 Å². The smallest absolute Gasteiger partial charge is 0.243 e. The van der Waals surface area contributed by atoms with Gasteiger partial charge >= 0.3 is 0 Å². The molecule has 0 amide bonds. The molecule has 0 aromatic heterocycles. The second kappa shape index (κ2) is 8.57. The maximum absolute atomic E-state index is 13.4. The van der Waals surface area contributed by atoms with Gasteiger partial charge in [-0.05, 0) is 56.3 Å². The summed E-state index contributed by atoms with van der Waals surface area (Å²) in [6, 6.07) is 3.61. The van der Waals surface area contributed by atoms with E-state index < -0.39 is 15.8 Å². The first-order valence-electron chi connectivity index (χ1n) is 8.75. The summed E-state index contributed by atoms with van der Waals surface area (Å²) in [7, 11) is -3.68. The van der Waals surface area contributed by atoms with Crippen LogP contribution in [-0.2, 0) is 10.0 Å². The minimum absolute atomic E-state index is 0.0561. The van der Waals surface area contributed by atoms with E-state index in [2.05, 4.69) is 4.90 Å². The number of benzene rings is 1. The van der Waals surface area contributed by atoms with E-state index in [1.807, 2.05) is 11.8 Å². The second-order valence-corrected chi connectivity index (χ2v) is 10.1. The highest BCUT2D eigenvalue weighted by molar-refractivity contribution is 7.99. The van der Waals surface area contributed by atoms with Crippen LogP contribution in [0.25, 0.3) is 0 Å². The summed E-state index contributed by atoms with van der Waals surface area (Å²) in [6.07, 6.45) is 4.45. The van der Waals surface area contributed by atoms with Gasteiger partial charge in [-0.3, -0.25) is 0 Å². The third-order valence-electron chi connectivity index (χ3n) is 4.80. The lowest BCUT2D eigenvalue weighted by atomic mass is 10.1. The minimum atomic E-state index is -3.68. The Kier molecular flexibility index (Phi) is 6.65. The lowest BCUT2D eigenvalue weighted by Gasteiger charge is -2.35. The van der Waals surface area contributed by atoms with Crippen LogP contribution in [0.15, 0.2) is 23.1 Å². The van der Waals surface area contributed by atoms with Gasteiger partial charge in [-0.15, -0.1) is 0 Å². The van der Waals surface area contributed by atoms with Crippen LogP contribution in [0.3, 0.4) is 0 Å². The lowest BCUT2D eigenvalue weighted by molar-refractivity contribution is 0.183. The number of hydrogen-bond acceptors (Lipinski definition) is 4. The highest BCUT2D eigenvalue weighted by atomic mass is 35.5. The molecule has 140 valence electrons. The Morgan fingerprint density at radius 1 is 1.16 bits per heavy atom. The van der Waals surface area contributed by atoms with E-state index in [1.54, 1.807) is 4.31 Å². The van der Waals surface area contributed by atoms with Gasteiger partial charge in [-0.25, -0.2) is 12.8 Å². The van der Waals surface area contributed by atoms with Gasteiger partial charge in [-0.2, -0.15) is 16.1 Å². The first kappa shape index (κ1) is 19.4. The molecule has 0 spiro atoms. The first-order chi connectivity index (χ1) is 12.0. The van der Waals surface area contributed by atoms with Crippen LogP contribution in [0, 0.1) is 5.82 Å². The molecule has 0 N–H and O–H groups in total. The third-order valence-corrected chi connectivity index (χ3v) is 8.24. The van der Waals surface area contributed by atoms with Crippen molar-refractivity contribution in [2.75, 3.05) is 37.7 Å². The van der Waals surface area contributed by atoms with E-state index in [0.29, 0.717) is 6.54 Å². The maximum Gasteiger partial charge on any atom is 0.243 e. The zero-order chi connectivity index (χ0) is 17.9. The predicted octanol–water partition coefficient (Wildman–Crippen LogP) is 3.46. The second-order valence-electron chi connectivity index (χ2n) is 6.64. The van der Waals surface area contributed by atoms with Crippen LogP contribution in [0.1, 0.15) is 25.7 Å². The zero-order valence-corrected chi connectivity index (χ0v) is 16.6. The van der Waals surface area contributed by atoms with Crippen molar-refractivity contribution in [3.63, 3.8) is 0 Å². The summed E-state index contributed by atoms with van der Waals surface area (Å²) in [5.41, 5.74) is 0. The van der Waals surface area contributed by atoms with Gasteiger partial charge in [0, 0.05) is 24.9 Å². The molecule has 1 atom stereocenters. The van der Waals surface area contributed by atoms with Crippen LogP contribution in [-0.4, -0.2) is 61.3 Å². The number of halogens is 2. The average molecular weight is 407 g/mol. The molecule has 4 nitrogen and oxygen atoms in total. The van der Waals surface area contributed by atoms with Gasteiger partial charge in [0.15, 0.2) is 0 Å². The van der Waals surface area contributed by atoms with Crippen molar-refractivity contribution >= 4 is 33.4 Å². The van der Waals surface area contributed by atoms with Crippen molar-refractivity contribution in [1.29, 1.82) is 0 Å². The van der Waals surface area contributed by atoms with Crippen LogP contribution >= 0.6 is 23.4 Å². The van der Waals surface area contributed by atoms with E-state index in [0.717, 1.165) is 43.6 Å². The fourth-order valence-corrected chi connectivity index (χ4v) is 6.56. The molecule has 0 saturated carbocycles. The van der Waals surface area contributed by atoms with Gasteiger partial charge in [0.1, 0.15) is 5.82 Å². The summed E-state index contributed by atoms with van der Waals surface area (Å²) >= 11 is 7.63.